The van der Waals surface area contributed by atoms with Crippen LogP contribution in [-0.2, 0) is 4.79 Å². The van der Waals surface area contributed by atoms with Gasteiger partial charge in [-0.1, -0.05) is 6.07 Å². The topological polar surface area (TPSA) is 65.2 Å². The van der Waals surface area contributed by atoms with E-state index in [0.717, 1.165) is 0 Å². The molecule has 2 heterocycles. The van der Waals surface area contributed by atoms with Crippen molar-refractivity contribution in [2.75, 3.05) is 0 Å². The molecule has 3 rings (SSSR count). The van der Waals surface area contributed by atoms with Crippen molar-refractivity contribution in [2.45, 2.75) is 6.92 Å². The predicted molar refractivity (Wildman–Crippen MR) is 68.5 cm³/mol. The second-order valence-electron chi connectivity index (χ2n) is 3.96. The first-order valence-corrected chi connectivity index (χ1v) is 5.73. The van der Waals surface area contributed by atoms with Crippen LogP contribution in [-0.4, -0.2) is 15.9 Å². The third-order valence-corrected chi connectivity index (χ3v) is 2.51. The number of hydrogen-bond donors (Lipinski definition) is 0. The summed E-state index contributed by atoms with van der Waals surface area (Å²) >= 11 is 0. The number of pyridine rings is 1. The van der Waals surface area contributed by atoms with Gasteiger partial charge in [0, 0.05) is 19.2 Å². The molecule has 0 saturated heterocycles. The lowest BCUT2D eigenvalue weighted by atomic mass is 10.3. The van der Waals surface area contributed by atoms with Gasteiger partial charge in [0.2, 0.25) is 5.89 Å². The van der Waals surface area contributed by atoms with Crippen LogP contribution in [0.2, 0.25) is 0 Å². The molecular formula is C14H10N2O3. The van der Waals surface area contributed by atoms with Crippen molar-refractivity contribution in [3.8, 4) is 17.3 Å². The Balaban J connectivity index is 2.04. The fourth-order valence-electron chi connectivity index (χ4n) is 1.73. The molecule has 0 aliphatic heterocycles. The molecule has 0 amide bonds. The molecule has 2 aromatic heterocycles. The maximum absolute atomic E-state index is 10.9. The van der Waals surface area contributed by atoms with Gasteiger partial charge in [-0.05, 0) is 24.3 Å². The molecule has 0 unspecified atom stereocenters. The van der Waals surface area contributed by atoms with E-state index < -0.39 is 0 Å². The Morgan fingerprint density at radius 3 is 2.89 bits per heavy atom. The third kappa shape index (κ3) is 2.30. The van der Waals surface area contributed by atoms with Gasteiger partial charge in [-0.25, -0.2) is 4.98 Å². The Kier molecular flexibility index (Phi) is 2.72. The van der Waals surface area contributed by atoms with E-state index in [2.05, 4.69) is 9.97 Å². The standard InChI is InChI=1S/C14H10N2O3/c1-9(17)18-10-5-6-11-13(8-10)19-14(16-11)12-4-2-3-7-15-12/h2-8H,1H3. The molecule has 5 heteroatoms. The van der Waals surface area contributed by atoms with Crippen molar-refractivity contribution < 1.29 is 13.9 Å². The van der Waals surface area contributed by atoms with Crippen molar-refractivity contribution in [1.29, 1.82) is 0 Å². The fraction of sp³-hybridized carbons (Fsp3) is 0.0714. The van der Waals surface area contributed by atoms with Crippen LogP contribution < -0.4 is 4.74 Å². The third-order valence-electron chi connectivity index (χ3n) is 2.51. The van der Waals surface area contributed by atoms with Gasteiger partial charge in [0.05, 0.1) is 0 Å². The number of carbonyl (C=O) groups excluding carboxylic acids is 1. The minimum Gasteiger partial charge on any atom is -0.435 e. The minimum absolute atomic E-state index is 0.371. The van der Waals surface area contributed by atoms with E-state index in [1.54, 1.807) is 24.4 Å². The first-order chi connectivity index (χ1) is 9.22. The fourth-order valence-corrected chi connectivity index (χ4v) is 1.73. The van der Waals surface area contributed by atoms with Gasteiger partial charge in [0.15, 0.2) is 5.58 Å². The van der Waals surface area contributed by atoms with E-state index in [9.17, 15) is 4.79 Å². The van der Waals surface area contributed by atoms with E-state index in [1.807, 2.05) is 18.2 Å². The average Bonchev–Trinajstić information content (AvgIpc) is 2.82. The average molecular weight is 254 g/mol. The number of carbonyl (C=O) groups is 1. The van der Waals surface area contributed by atoms with E-state index in [-0.39, 0.29) is 5.97 Å². The van der Waals surface area contributed by atoms with Gasteiger partial charge in [-0.3, -0.25) is 9.78 Å². The van der Waals surface area contributed by atoms with Crippen molar-refractivity contribution in [3.05, 3.63) is 42.6 Å². The highest BCUT2D eigenvalue weighted by Gasteiger charge is 2.10. The largest absolute Gasteiger partial charge is 0.435 e. The smallest absolute Gasteiger partial charge is 0.308 e. The number of benzene rings is 1. The summed E-state index contributed by atoms with van der Waals surface area (Å²) in [5, 5.41) is 0. The number of rotatable bonds is 2. The molecular weight excluding hydrogens is 244 g/mol. The molecule has 0 aliphatic rings. The van der Waals surface area contributed by atoms with Crippen molar-refractivity contribution >= 4 is 17.1 Å². The van der Waals surface area contributed by atoms with Crippen LogP contribution in [0.4, 0.5) is 0 Å². The lowest BCUT2D eigenvalue weighted by Gasteiger charge is -1.98. The van der Waals surface area contributed by atoms with Crippen molar-refractivity contribution in [1.82, 2.24) is 9.97 Å². The molecule has 0 radical (unpaired) electrons. The molecule has 3 aromatic rings. The lowest BCUT2D eigenvalue weighted by molar-refractivity contribution is -0.131. The molecule has 0 saturated carbocycles. The van der Waals surface area contributed by atoms with Gasteiger partial charge in [-0.2, -0.15) is 0 Å². The summed E-state index contributed by atoms with van der Waals surface area (Å²) in [5.74, 6) is 0.503. The first kappa shape index (κ1) is 11.4. The second kappa shape index (κ2) is 4.53. The van der Waals surface area contributed by atoms with E-state index in [1.165, 1.54) is 6.92 Å². The highest BCUT2D eigenvalue weighted by Crippen LogP contribution is 2.25. The summed E-state index contributed by atoms with van der Waals surface area (Å²) in [6.07, 6.45) is 1.68. The van der Waals surface area contributed by atoms with Gasteiger partial charge in [0.1, 0.15) is 17.0 Å². The normalized spacial score (nSPS) is 10.6. The number of oxazole rings is 1. The van der Waals surface area contributed by atoms with Crippen molar-refractivity contribution in [3.63, 3.8) is 0 Å². The van der Waals surface area contributed by atoms with Crippen LogP contribution >= 0.6 is 0 Å². The van der Waals surface area contributed by atoms with E-state index in [4.69, 9.17) is 9.15 Å². The number of ether oxygens (including phenoxy) is 1. The molecule has 5 nitrogen and oxygen atoms in total. The zero-order valence-electron chi connectivity index (χ0n) is 10.2. The Labute approximate surface area is 108 Å². The molecule has 0 bridgehead atoms. The van der Waals surface area contributed by atoms with Gasteiger partial charge in [-0.15, -0.1) is 0 Å². The molecule has 0 N–H and O–H groups in total. The number of hydrogen-bond acceptors (Lipinski definition) is 5. The lowest BCUT2D eigenvalue weighted by Crippen LogP contribution is -2.00. The van der Waals surface area contributed by atoms with E-state index in [0.29, 0.717) is 28.4 Å². The number of esters is 1. The quantitative estimate of drug-likeness (QED) is 0.519. The number of aromatic nitrogens is 2. The Morgan fingerprint density at radius 1 is 1.26 bits per heavy atom. The summed E-state index contributed by atoms with van der Waals surface area (Å²) in [6, 6.07) is 10.6. The van der Waals surface area contributed by atoms with Crippen molar-refractivity contribution in [2.24, 2.45) is 0 Å². The summed E-state index contributed by atoms with van der Waals surface area (Å²) in [7, 11) is 0. The zero-order valence-corrected chi connectivity index (χ0v) is 10.2. The summed E-state index contributed by atoms with van der Waals surface area (Å²) in [4.78, 5) is 19.4. The maximum Gasteiger partial charge on any atom is 0.308 e. The van der Waals surface area contributed by atoms with Gasteiger partial charge in [0.25, 0.3) is 0 Å². The number of fused-ring (bicyclic) bond motifs is 1. The summed E-state index contributed by atoms with van der Waals surface area (Å²) in [6.45, 7) is 1.35. The Morgan fingerprint density at radius 2 is 2.16 bits per heavy atom. The Hall–Kier alpha value is -2.69. The highest BCUT2D eigenvalue weighted by atomic mass is 16.5. The SMILES string of the molecule is CC(=O)Oc1ccc2nc(-c3ccccn3)oc2c1. The van der Waals surface area contributed by atoms with Gasteiger partial charge < -0.3 is 9.15 Å². The maximum atomic E-state index is 10.9. The summed E-state index contributed by atoms with van der Waals surface area (Å²) in [5.41, 5.74) is 1.91. The molecule has 0 atom stereocenters. The molecule has 0 aliphatic carbocycles. The van der Waals surface area contributed by atoms with Crippen LogP contribution in [0.15, 0.2) is 47.0 Å². The highest BCUT2D eigenvalue weighted by molar-refractivity contribution is 5.78. The molecule has 0 fully saturated rings. The molecule has 0 spiro atoms. The van der Waals surface area contributed by atoms with E-state index >= 15 is 0 Å². The minimum atomic E-state index is -0.371. The van der Waals surface area contributed by atoms with Crippen LogP contribution in [0.3, 0.4) is 0 Å². The van der Waals surface area contributed by atoms with Crippen LogP contribution in [0, 0.1) is 0 Å². The van der Waals surface area contributed by atoms with Crippen LogP contribution in [0.5, 0.6) is 5.75 Å². The monoisotopic (exact) mass is 254 g/mol. The predicted octanol–water partition coefficient (Wildman–Crippen LogP) is 2.82. The zero-order chi connectivity index (χ0) is 13.2. The van der Waals surface area contributed by atoms with Gasteiger partial charge >= 0.3 is 5.97 Å². The molecule has 19 heavy (non-hydrogen) atoms. The first-order valence-electron chi connectivity index (χ1n) is 5.73. The molecule has 94 valence electrons. The number of nitrogens with zero attached hydrogens (tertiary/aromatic N) is 2. The van der Waals surface area contributed by atoms with Crippen LogP contribution in [0.1, 0.15) is 6.92 Å². The molecule has 1 aromatic carbocycles. The van der Waals surface area contributed by atoms with Crippen LogP contribution in [0.25, 0.3) is 22.7 Å². The summed E-state index contributed by atoms with van der Waals surface area (Å²) < 4.78 is 10.6. The Bertz CT molecular complexity index is 735. The second-order valence-corrected chi connectivity index (χ2v) is 3.96.